The van der Waals surface area contributed by atoms with Gasteiger partial charge in [0.1, 0.15) is 5.75 Å². The van der Waals surface area contributed by atoms with Crippen LogP contribution in [0.5, 0.6) is 5.75 Å². The van der Waals surface area contributed by atoms with Crippen LogP contribution in [0, 0.1) is 18.3 Å². The molecule has 0 saturated heterocycles. The van der Waals surface area contributed by atoms with Gasteiger partial charge < -0.3 is 4.43 Å². The minimum Gasteiger partial charge on any atom is -0.544 e. The first kappa shape index (κ1) is 16.1. The Morgan fingerprint density at radius 2 is 1.77 bits per heavy atom. The van der Waals surface area contributed by atoms with Crippen LogP contribution >= 0.6 is 0 Å². The van der Waals surface area contributed by atoms with Gasteiger partial charge in [0.25, 0.3) is 0 Å². The summed E-state index contributed by atoms with van der Waals surface area (Å²) in [6, 6.07) is 18.3. The molecule has 2 rings (SSSR count). The first-order valence-electron chi connectivity index (χ1n) is 7.36. The molecule has 2 nitrogen and oxygen atoms in total. The highest BCUT2D eigenvalue weighted by Crippen LogP contribution is 2.33. The van der Waals surface area contributed by atoms with E-state index in [4.69, 9.17) is 4.43 Å². The number of rotatable bonds is 4. The largest absolute Gasteiger partial charge is 0.544 e. The highest BCUT2D eigenvalue weighted by atomic mass is 28.4. The zero-order chi connectivity index (χ0) is 16.2. The zero-order valence-corrected chi connectivity index (χ0v) is 14.6. The molecule has 0 spiro atoms. The van der Waals surface area contributed by atoms with Crippen LogP contribution in [0.4, 0.5) is 0 Å². The molecule has 0 atom stereocenters. The van der Waals surface area contributed by atoms with E-state index in [9.17, 15) is 5.26 Å². The van der Waals surface area contributed by atoms with Gasteiger partial charge in [-0.2, -0.15) is 5.26 Å². The van der Waals surface area contributed by atoms with E-state index in [0.717, 1.165) is 28.0 Å². The number of hydrogen-bond donors (Lipinski definition) is 0. The fourth-order valence-electron chi connectivity index (χ4n) is 2.27. The summed E-state index contributed by atoms with van der Waals surface area (Å²) in [5.74, 6) is 0.857. The third kappa shape index (κ3) is 4.09. The molecule has 3 heteroatoms. The second-order valence-electron chi connectivity index (χ2n) is 6.27. The quantitative estimate of drug-likeness (QED) is 0.577. The van der Waals surface area contributed by atoms with Crippen molar-refractivity contribution >= 4 is 13.9 Å². The van der Waals surface area contributed by atoms with Gasteiger partial charge in [-0.05, 0) is 44.3 Å². The first-order valence-corrected chi connectivity index (χ1v) is 10.8. The van der Waals surface area contributed by atoms with Gasteiger partial charge in [-0.1, -0.05) is 42.0 Å². The number of nitrogens with zero attached hydrogens (tertiary/aromatic N) is 1. The molecule has 0 heterocycles. The lowest BCUT2D eigenvalue weighted by Gasteiger charge is -2.23. The molecule has 0 aliphatic heterocycles. The summed E-state index contributed by atoms with van der Waals surface area (Å²) >= 11 is 0. The lowest BCUT2D eigenvalue weighted by Crippen LogP contribution is -2.29. The van der Waals surface area contributed by atoms with Gasteiger partial charge in [-0.25, -0.2) is 0 Å². The van der Waals surface area contributed by atoms with Crippen molar-refractivity contribution in [3.05, 3.63) is 71.3 Å². The molecule has 0 unspecified atom stereocenters. The van der Waals surface area contributed by atoms with Crippen LogP contribution in [0.3, 0.4) is 0 Å². The Balaban J connectivity index is 2.60. The van der Waals surface area contributed by atoms with E-state index < -0.39 is 8.32 Å². The van der Waals surface area contributed by atoms with Crippen LogP contribution in [0.25, 0.3) is 5.57 Å². The number of benzene rings is 2. The van der Waals surface area contributed by atoms with Crippen molar-refractivity contribution in [2.45, 2.75) is 26.6 Å². The van der Waals surface area contributed by atoms with Gasteiger partial charge >= 0.3 is 0 Å². The van der Waals surface area contributed by atoms with Crippen molar-refractivity contribution in [3.63, 3.8) is 0 Å². The van der Waals surface area contributed by atoms with Crippen molar-refractivity contribution in [2.24, 2.45) is 0 Å². The second kappa shape index (κ2) is 6.63. The fraction of sp³-hybridized carbons (Fsp3) is 0.211. The molecule has 0 radical (unpaired) electrons. The summed E-state index contributed by atoms with van der Waals surface area (Å²) in [5.41, 5.74) is 4.06. The van der Waals surface area contributed by atoms with Crippen molar-refractivity contribution in [1.82, 2.24) is 0 Å². The smallest absolute Gasteiger partial charge is 0.242 e. The van der Waals surface area contributed by atoms with Crippen molar-refractivity contribution in [1.29, 1.82) is 5.26 Å². The molecule has 0 amide bonds. The van der Waals surface area contributed by atoms with E-state index in [0.29, 0.717) is 0 Å². The molecule has 0 saturated carbocycles. The Bertz CT molecular complexity index is 721. The Hall–Kier alpha value is -2.31. The Kier molecular flexibility index (Phi) is 4.84. The lowest BCUT2D eigenvalue weighted by molar-refractivity contribution is 0.555. The minimum absolute atomic E-state index is 0.857. The van der Waals surface area contributed by atoms with E-state index in [1.807, 2.05) is 42.5 Å². The molecule has 0 aromatic heterocycles. The highest BCUT2D eigenvalue weighted by Gasteiger charge is 2.20. The molecule has 0 N–H and O–H groups in total. The summed E-state index contributed by atoms with van der Waals surface area (Å²) < 4.78 is 6.23. The number of aryl methyl sites for hydroxylation is 1. The van der Waals surface area contributed by atoms with Crippen molar-refractivity contribution < 1.29 is 4.43 Å². The predicted octanol–water partition coefficient (Wildman–Crippen LogP) is 5.16. The van der Waals surface area contributed by atoms with Gasteiger partial charge in [-0.15, -0.1) is 0 Å². The van der Waals surface area contributed by atoms with Crippen LogP contribution in [0.2, 0.25) is 19.6 Å². The SMILES string of the molecule is Cc1ccc(O[Si](C)(C)C)c(/C(=C/C#N)c2ccccc2)c1. The van der Waals surface area contributed by atoms with Crippen LogP contribution < -0.4 is 4.43 Å². The summed E-state index contributed by atoms with van der Waals surface area (Å²) in [4.78, 5) is 0. The monoisotopic (exact) mass is 307 g/mol. The average Bonchev–Trinajstić information content (AvgIpc) is 2.46. The van der Waals surface area contributed by atoms with Gasteiger partial charge in [0, 0.05) is 17.2 Å². The predicted molar refractivity (Wildman–Crippen MR) is 94.3 cm³/mol. The maximum atomic E-state index is 9.19. The van der Waals surface area contributed by atoms with Crippen molar-refractivity contribution in [3.8, 4) is 11.8 Å². The minimum atomic E-state index is -1.73. The molecule has 0 aliphatic carbocycles. The van der Waals surface area contributed by atoms with Gasteiger partial charge in [0.15, 0.2) is 0 Å². The molecular weight excluding hydrogens is 286 g/mol. The summed E-state index contributed by atoms with van der Waals surface area (Å²) in [6.45, 7) is 8.53. The molecule has 22 heavy (non-hydrogen) atoms. The standard InChI is InChI=1S/C19H21NOSi/c1-15-10-11-19(21-22(2,3)4)18(14-15)17(12-13-20)16-8-6-5-7-9-16/h5-12,14H,1-4H3/b17-12+. The van der Waals surface area contributed by atoms with E-state index in [1.54, 1.807) is 6.08 Å². The maximum absolute atomic E-state index is 9.19. The van der Waals surface area contributed by atoms with Gasteiger partial charge in [0.2, 0.25) is 8.32 Å². The summed E-state index contributed by atoms with van der Waals surface area (Å²) in [5, 5.41) is 9.19. The van der Waals surface area contributed by atoms with E-state index in [-0.39, 0.29) is 0 Å². The maximum Gasteiger partial charge on any atom is 0.242 e. The number of nitriles is 1. The van der Waals surface area contributed by atoms with Crippen LogP contribution in [0.1, 0.15) is 16.7 Å². The van der Waals surface area contributed by atoms with Gasteiger partial charge in [0.05, 0.1) is 6.07 Å². The van der Waals surface area contributed by atoms with E-state index >= 15 is 0 Å². The Morgan fingerprint density at radius 1 is 1.09 bits per heavy atom. The lowest BCUT2D eigenvalue weighted by atomic mass is 9.95. The normalized spacial score (nSPS) is 11.9. The number of allylic oxidation sites excluding steroid dienone is 1. The molecule has 2 aromatic carbocycles. The third-order valence-electron chi connectivity index (χ3n) is 3.14. The molecule has 2 aromatic rings. The van der Waals surface area contributed by atoms with Crippen LogP contribution in [0.15, 0.2) is 54.6 Å². The van der Waals surface area contributed by atoms with Gasteiger partial charge in [-0.3, -0.25) is 0 Å². The first-order chi connectivity index (χ1) is 10.4. The molecule has 0 aliphatic rings. The van der Waals surface area contributed by atoms with Crippen molar-refractivity contribution in [2.75, 3.05) is 0 Å². The summed E-state index contributed by atoms with van der Waals surface area (Å²) in [7, 11) is -1.73. The highest BCUT2D eigenvalue weighted by molar-refractivity contribution is 6.70. The topological polar surface area (TPSA) is 33.0 Å². The van der Waals surface area contributed by atoms with Crippen LogP contribution in [-0.2, 0) is 0 Å². The van der Waals surface area contributed by atoms with Crippen LogP contribution in [-0.4, -0.2) is 8.32 Å². The Morgan fingerprint density at radius 3 is 2.36 bits per heavy atom. The average molecular weight is 307 g/mol. The van der Waals surface area contributed by atoms with E-state index in [1.165, 1.54) is 0 Å². The summed E-state index contributed by atoms with van der Waals surface area (Å²) in [6.07, 6.45) is 1.60. The Labute approximate surface area is 133 Å². The molecule has 0 bridgehead atoms. The molecule has 112 valence electrons. The van der Waals surface area contributed by atoms with E-state index in [2.05, 4.69) is 38.7 Å². The molecule has 0 fully saturated rings. The zero-order valence-electron chi connectivity index (χ0n) is 13.6. The number of hydrogen-bond acceptors (Lipinski definition) is 2. The second-order valence-corrected chi connectivity index (χ2v) is 10.7. The third-order valence-corrected chi connectivity index (χ3v) is 3.97. The fourth-order valence-corrected chi connectivity index (χ4v) is 3.11. The molecular formula is C19H21NOSi.